The van der Waals surface area contributed by atoms with Crippen molar-refractivity contribution in [2.24, 2.45) is 0 Å². The minimum atomic E-state index is -2.24. The van der Waals surface area contributed by atoms with Crippen LogP contribution in [0.4, 0.5) is 10.1 Å². The number of halogens is 1. The molecule has 15 heavy (non-hydrogen) atoms. The Kier molecular flexibility index (Phi) is 3.97. The van der Waals surface area contributed by atoms with Gasteiger partial charge in [0.25, 0.3) is 0 Å². The lowest BCUT2D eigenvalue weighted by molar-refractivity contribution is 0.111. The molecule has 0 aromatic heterocycles. The molecule has 1 aromatic carbocycles. The first-order chi connectivity index (χ1) is 6.83. The highest BCUT2D eigenvalue weighted by molar-refractivity contribution is 7.27. The third-order valence-electron chi connectivity index (χ3n) is 1.89. The highest BCUT2D eigenvalue weighted by atomic mass is 31.0. The SMILES string of the molecule is [B]C(F)(P)Oc1cc(C)c(NC)cc1P. The van der Waals surface area contributed by atoms with Gasteiger partial charge in [0.1, 0.15) is 5.75 Å². The maximum Gasteiger partial charge on any atom is 0.208 e. The highest BCUT2D eigenvalue weighted by Gasteiger charge is 2.18. The first kappa shape index (κ1) is 12.7. The molecule has 1 rings (SSSR count). The van der Waals surface area contributed by atoms with Gasteiger partial charge in [-0.1, -0.05) is 9.24 Å². The van der Waals surface area contributed by atoms with Crippen LogP contribution < -0.4 is 15.4 Å². The van der Waals surface area contributed by atoms with Gasteiger partial charge in [-0.05, 0) is 24.6 Å². The Labute approximate surface area is 95.2 Å². The summed E-state index contributed by atoms with van der Waals surface area (Å²) in [6.45, 7) is 1.90. The molecule has 0 heterocycles. The Morgan fingerprint density at radius 3 is 2.60 bits per heavy atom. The molecule has 0 aliphatic carbocycles. The normalized spacial score (nSPS) is 14.5. The fourth-order valence-electron chi connectivity index (χ4n) is 1.22. The van der Waals surface area contributed by atoms with Gasteiger partial charge in [0, 0.05) is 18.0 Å². The molecule has 1 N–H and O–H groups in total. The summed E-state index contributed by atoms with van der Waals surface area (Å²) in [5.41, 5.74) is -0.302. The summed E-state index contributed by atoms with van der Waals surface area (Å²) in [6, 6.07) is 3.59. The number of hydrogen-bond acceptors (Lipinski definition) is 2. The molecule has 0 spiro atoms. The van der Waals surface area contributed by atoms with Gasteiger partial charge in [-0.3, -0.25) is 0 Å². The fraction of sp³-hybridized carbons (Fsp3) is 0.333. The van der Waals surface area contributed by atoms with E-state index in [2.05, 4.69) is 14.6 Å². The smallest absolute Gasteiger partial charge is 0.208 e. The third-order valence-corrected chi connectivity index (χ3v) is 2.46. The zero-order chi connectivity index (χ0) is 11.6. The summed E-state index contributed by atoms with van der Waals surface area (Å²) in [6.07, 6.45) is 0. The van der Waals surface area contributed by atoms with Crippen molar-refractivity contribution < 1.29 is 9.13 Å². The van der Waals surface area contributed by atoms with Gasteiger partial charge in [-0.2, -0.15) is 0 Å². The number of alkyl halides is 1. The van der Waals surface area contributed by atoms with E-state index >= 15 is 0 Å². The van der Waals surface area contributed by atoms with Gasteiger partial charge in [0.05, 0.1) is 0 Å². The number of nitrogens with one attached hydrogen (secondary N) is 1. The first-order valence-corrected chi connectivity index (χ1v) is 5.52. The van der Waals surface area contributed by atoms with Gasteiger partial charge in [0.2, 0.25) is 5.50 Å². The predicted molar refractivity (Wildman–Crippen MR) is 70.0 cm³/mol. The Morgan fingerprint density at radius 2 is 2.13 bits per heavy atom. The zero-order valence-corrected chi connectivity index (χ0v) is 11.0. The quantitative estimate of drug-likeness (QED) is 0.642. The summed E-state index contributed by atoms with van der Waals surface area (Å²) >= 11 is 0. The predicted octanol–water partition coefficient (Wildman–Crippen LogP) is 1.54. The average Bonchev–Trinajstić information content (AvgIpc) is 2.08. The Hall–Kier alpha value is -0.325. The first-order valence-electron chi connectivity index (χ1n) is 4.37. The third kappa shape index (κ3) is 3.63. The van der Waals surface area contributed by atoms with E-state index in [1.807, 2.05) is 20.0 Å². The van der Waals surface area contributed by atoms with Gasteiger partial charge in [-0.25, -0.2) is 4.39 Å². The second kappa shape index (κ2) is 4.68. The number of rotatable bonds is 3. The molecule has 3 unspecified atom stereocenters. The molecular formula is C9H13BFNOP2. The molecule has 2 nitrogen and oxygen atoms in total. The lowest BCUT2D eigenvalue weighted by atomic mass is 10.1. The van der Waals surface area contributed by atoms with Crippen molar-refractivity contribution >= 4 is 37.3 Å². The van der Waals surface area contributed by atoms with Crippen LogP contribution in [0.5, 0.6) is 5.75 Å². The van der Waals surface area contributed by atoms with E-state index in [0.29, 0.717) is 5.75 Å². The largest absolute Gasteiger partial charge is 0.464 e. The van der Waals surface area contributed by atoms with Crippen molar-refractivity contribution in [3.8, 4) is 5.75 Å². The molecule has 0 aliphatic rings. The van der Waals surface area contributed by atoms with Crippen LogP contribution >= 0.6 is 18.5 Å². The van der Waals surface area contributed by atoms with Gasteiger partial charge in [-0.15, -0.1) is 9.24 Å². The van der Waals surface area contributed by atoms with Crippen LogP contribution in [-0.4, -0.2) is 20.4 Å². The topological polar surface area (TPSA) is 21.3 Å². The maximum atomic E-state index is 13.1. The second-order valence-electron chi connectivity index (χ2n) is 3.25. The van der Waals surface area contributed by atoms with Gasteiger partial charge < -0.3 is 10.1 Å². The minimum absolute atomic E-state index is 0.413. The molecule has 0 bridgehead atoms. The van der Waals surface area contributed by atoms with Crippen LogP contribution in [0.25, 0.3) is 0 Å². The van der Waals surface area contributed by atoms with Crippen LogP contribution in [0.15, 0.2) is 12.1 Å². The molecule has 0 aliphatic heterocycles. The van der Waals surface area contributed by atoms with Crippen LogP contribution in [0.3, 0.4) is 0 Å². The summed E-state index contributed by atoms with van der Waals surface area (Å²) < 4.78 is 18.0. The van der Waals surface area contributed by atoms with Crippen LogP contribution in [0.2, 0.25) is 0 Å². The Bertz CT molecular complexity index is 368. The lowest BCUT2D eigenvalue weighted by Crippen LogP contribution is -2.24. The molecule has 0 amide bonds. The molecule has 80 valence electrons. The van der Waals surface area contributed by atoms with Crippen LogP contribution in [0, 0.1) is 6.92 Å². The maximum absolute atomic E-state index is 13.1. The molecule has 3 atom stereocenters. The number of ether oxygens (including phenoxy) is 1. The minimum Gasteiger partial charge on any atom is -0.464 e. The molecule has 0 saturated carbocycles. The zero-order valence-electron chi connectivity index (χ0n) is 8.67. The van der Waals surface area contributed by atoms with Crippen molar-refractivity contribution in [2.45, 2.75) is 12.4 Å². The van der Waals surface area contributed by atoms with E-state index in [4.69, 9.17) is 12.6 Å². The molecule has 6 heteroatoms. The standard InChI is InChI=1S/C9H13BFNOP2/c1-5-3-7(13-9(10,11)15)8(14)4-6(5)12-2/h3-4,12H,14-15H2,1-2H3. The average molecular weight is 243 g/mol. The fourth-order valence-corrected chi connectivity index (χ4v) is 1.66. The van der Waals surface area contributed by atoms with Crippen molar-refractivity contribution in [2.75, 3.05) is 12.4 Å². The van der Waals surface area contributed by atoms with Crippen molar-refractivity contribution in [3.05, 3.63) is 17.7 Å². The summed E-state index contributed by atoms with van der Waals surface area (Å²) in [7, 11) is 11.2. The molecular weight excluding hydrogens is 230 g/mol. The highest BCUT2D eigenvalue weighted by Crippen LogP contribution is 2.26. The summed E-state index contributed by atoms with van der Waals surface area (Å²) in [5.74, 6) is 0.413. The van der Waals surface area contributed by atoms with E-state index in [-0.39, 0.29) is 0 Å². The number of hydrogen-bond donors (Lipinski definition) is 1. The Morgan fingerprint density at radius 1 is 1.53 bits per heavy atom. The monoisotopic (exact) mass is 243 g/mol. The lowest BCUT2D eigenvalue weighted by Gasteiger charge is -2.20. The van der Waals surface area contributed by atoms with Crippen molar-refractivity contribution in [1.82, 2.24) is 0 Å². The molecule has 1 aromatic rings. The van der Waals surface area contributed by atoms with Crippen molar-refractivity contribution in [3.63, 3.8) is 0 Å². The van der Waals surface area contributed by atoms with Crippen LogP contribution in [-0.2, 0) is 0 Å². The van der Waals surface area contributed by atoms with Gasteiger partial charge in [0.15, 0.2) is 7.85 Å². The molecule has 2 radical (unpaired) electrons. The number of aryl methyl sites for hydroxylation is 1. The van der Waals surface area contributed by atoms with E-state index in [1.165, 1.54) is 0 Å². The number of benzene rings is 1. The number of anilines is 1. The van der Waals surface area contributed by atoms with E-state index < -0.39 is 5.50 Å². The molecule has 0 saturated heterocycles. The van der Waals surface area contributed by atoms with E-state index in [0.717, 1.165) is 16.6 Å². The van der Waals surface area contributed by atoms with Crippen molar-refractivity contribution in [1.29, 1.82) is 0 Å². The second-order valence-corrected chi connectivity index (χ2v) is 4.66. The Balaban J connectivity index is 3.05. The van der Waals surface area contributed by atoms with Gasteiger partial charge >= 0.3 is 0 Å². The summed E-state index contributed by atoms with van der Waals surface area (Å²) in [5, 5.41) is 3.78. The summed E-state index contributed by atoms with van der Waals surface area (Å²) in [4.78, 5) is 0. The van der Waals surface area contributed by atoms with E-state index in [1.54, 1.807) is 15.3 Å². The van der Waals surface area contributed by atoms with E-state index in [9.17, 15) is 4.39 Å². The molecule has 0 fully saturated rings. The van der Waals surface area contributed by atoms with Crippen LogP contribution in [0.1, 0.15) is 5.56 Å².